The molecule has 0 aromatic carbocycles. The summed E-state index contributed by atoms with van der Waals surface area (Å²) in [6, 6.07) is 0. The molecule has 0 radical (unpaired) electrons. The Hall–Kier alpha value is -0.620. The van der Waals surface area contributed by atoms with Gasteiger partial charge in [-0.25, -0.2) is 0 Å². The van der Waals surface area contributed by atoms with Crippen molar-refractivity contribution >= 4 is 13.8 Å². The van der Waals surface area contributed by atoms with Crippen molar-refractivity contribution in [2.75, 3.05) is 7.05 Å². The summed E-state index contributed by atoms with van der Waals surface area (Å²) in [7, 11) is -3.23. The molecule has 0 aliphatic carbocycles. The fraction of sp³-hybridized carbons (Fsp3) is 0.500. The quantitative estimate of drug-likeness (QED) is 0.141. The minimum Gasteiger partial charge on any atom is -0.756 e. The van der Waals surface area contributed by atoms with E-state index in [1.165, 1.54) is 0 Å². The van der Waals surface area contributed by atoms with Crippen molar-refractivity contribution in [1.82, 2.24) is 0 Å². The molecule has 8 heteroatoms. The fourth-order valence-electron chi connectivity index (χ4n) is 0. The number of guanidine groups is 1. The predicted molar refractivity (Wildman–Crippen MR) is 32.3 cm³/mol. The maximum atomic E-state index is 8.77. The Labute approximate surface area is 57.6 Å². The molecule has 0 saturated carbocycles. The SMILES string of the molecule is C[NH+]=C(N)N.O=P([O-])(O)O. The summed E-state index contributed by atoms with van der Waals surface area (Å²) in [4.78, 5) is 25.4. The first-order valence-corrected chi connectivity index (χ1v) is 3.62. The second-order valence-electron chi connectivity index (χ2n) is 1.20. The minimum absolute atomic E-state index is 0.255. The van der Waals surface area contributed by atoms with E-state index >= 15 is 0 Å². The molecular formula is C2H10N3O4P. The number of hydrogen-bond donors (Lipinski definition) is 5. The third-order valence-corrected chi connectivity index (χ3v) is 0.289. The largest absolute Gasteiger partial charge is 0.756 e. The smallest absolute Gasteiger partial charge is 0.338 e. The van der Waals surface area contributed by atoms with Crippen molar-refractivity contribution in [3.63, 3.8) is 0 Å². The second-order valence-corrected chi connectivity index (χ2v) is 2.18. The van der Waals surface area contributed by atoms with Gasteiger partial charge in [0.25, 0.3) is 7.82 Å². The summed E-state index contributed by atoms with van der Waals surface area (Å²) in [5.41, 5.74) is 9.75. The van der Waals surface area contributed by atoms with E-state index in [9.17, 15) is 0 Å². The molecule has 0 aromatic heterocycles. The van der Waals surface area contributed by atoms with Crippen LogP contribution in [0, 0.1) is 0 Å². The maximum Gasteiger partial charge on any atom is 0.338 e. The number of hydrogen-bond acceptors (Lipinski definition) is 2. The van der Waals surface area contributed by atoms with Gasteiger partial charge in [0.1, 0.15) is 0 Å². The first-order valence-electron chi connectivity index (χ1n) is 2.09. The fourth-order valence-corrected chi connectivity index (χ4v) is 0. The van der Waals surface area contributed by atoms with Gasteiger partial charge < -0.3 is 14.7 Å². The molecule has 0 atom stereocenters. The summed E-state index contributed by atoms with van der Waals surface area (Å²) in [5, 5.41) is 0. The average Bonchev–Trinajstić information content (AvgIpc) is 1.61. The Morgan fingerprint density at radius 3 is 1.70 bits per heavy atom. The molecule has 62 valence electrons. The molecule has 7 N–H and O–H groups in total. The van der Waals surface area contributed by atoms with Crippen molar-refractivity contribution < 1.29 is 24.2 Å². The molecule has 0 bridgehead atoms. The highest BCUT2D eigenvalue weighted by atomic mass is 31.2. The maximum absolute atomic E-state index is 8.77. The standard InChI is InChI=1S/C2H7N3.H3O4P/c1-5-2(3)4;1-5(2,3)4/h1H3,(H4,3,4,5);(H3,1,2,3,4). The molecule has 0 spiro atoms. The van der Waals surface area contributed by atoms with Gasteiger partial charge in [-0.3, -0.25) is 21.0 Å². The zero-order valence-electron chi connectivity index (χ0n) is 5.31. The zero-order chi connectivity index (χ0) is 8.78. The van der Waals surface area contributed by atoms with Crippen LogP contribution in [0.3, 0.4) is 0 Å². The van der Waals surface area contributed by atoms with Gasteiger partial charge >= 0.3 is 5.96 Å². The molecule has 0 aliphatic heterocycles. The van der Waals surface area contributed by atoms with Crippen LogP contribution in [-0.4, -0.2) is 22.8 Å². The first kappa shape index (κ1) is 12.1. The Bertz CT molecular complexity index is 138. The van der Waals surface area contributed by atoms with Gasteiger partial charge in [-0.15, -0.1) is 0 Å². The van der Waals surface area contributed by atoms with E-state index in [4.69, 9.17) is 30.7 Å². The van der Waals surface area contributed by atoms with E-state index in [1.807, 2.05) is 0 Å². The van der Waals surface area contributed by atoms with E-state index in [-0.39, 0.29) is 5.96 Å². The van der Waals surface area contributed by atoms with E-state index in [1.54, 1.807) is 7.05 Å². The van der Waals surface area contributed by atoms with Gasteiger partial charge in [0, 0.05) is 0 Å². The minimum atomic E-state index is -4.89. The molecule has 7 nitrogen and oxygen atoms in total. The van der Waals surface area contributed by atoms with Gasteiger partial charge in [0.2, 0.25) is 0 Å². The lowest BCUT2D eigenvalue weighted by atomic mass is 11.1. The van der Waals surface area contributed by atoms with E-state index < -0.39 is 7.82 Å². The van der Waals surface area contributed by atoms with Crippen molar-refractivity contribution in [3.8, 4) is 0 Å². The van der Waals surface area contributed by atoms with Crippen LogP contribution in [-0.2, 0) is 4.57 Å². The molecule has 10 heavy (non-hydrogen) atoms. The summed E-state index contributed by atoms with van der Waals surface area (Å²) in [5.74, 6) is 0.255. The third-order valence-electron chi connectivity index (χ3n) is 0.289. The molecule has 0 saturated heterocycles. The van der Waals surface area contributed by atoms with Crippen molar-refractivity contribution in [1.29, 1.82) is 0 Å². The van der Waals surface area contributed by atoms with Gasteiger partial charge in [0.15, 0.2) is 0 Å². The molecule has 0 heterocycles. The number of rotatable bonds is 0. The van der Waals surface area contributed by atoms with Crippen molar-refractivity contribution in [2.24, 2.45) is 11.5 Å². The van der Waals surface area contributed by atoms with Crippen LogP contribution in [0.5, 0.6) is 0 Å². The summed E-state index contributed by atoms with van der Waals surface area (Å²) in [6.07, 6.45) is 0. The van der Waals surface area contributed by atoms with Gasteiger partial charge in [0.05, 0.1) is 7.05 Å². The Balaban J connectivity index is 0. The molecule has 0 amide bonds. The Morgan fingerprint density at radius 1 is 1.60 bits per heavy atom. The monoisotopic (exact) mass is 171 g/mol. The van der Waals surface area contributed by atoms with Gasteiger partial charge in [-0.05, 0) is 0 Å². The Morgan fingerprint density at radius 2 is 1.70 bits per heavy atom. The topological polar surface area (TPSA) is 147 Å². The molecule has 0 unspecified atom stereocenters. The van der Waals surface area contributed by atoms with Crippen molar-refractivity contribution in [2.45, 2.75) is 0 Å². The molecule has 0 aromatic rings. The van der Waals surface area contributed by atoms with Crippen LogP contribution < -0.4 is 21.4 Å². The van der Waals surface area contributed by atoms with Crippen LogP contribution in [0.25, 0.3) is 0 Å². The van der Waals surface area contributed by atoms with E-state index in [0.717, 1.165) is 0 Å². The van der Waals surface area contributed by atoms with Gasteiger partial charge in [-0.1, -0.05) is 0 Å². The predicted octanol–water partition coefficient (Wildman–Crippen LogP) is -4.59. The summed E-state index contributed by atoms with van der Waals surface area (Å²) < 4.78 is 8.77. The normalized spacial score (nSPS) is 9.20. The summed E-state index contributed by atoms with van der Waals surface area (Å²) in [6.45, 7) is 0. The van der Waals surface area contributed by atoms with Crippen LogP contribution in [0.4, 0.5) is 0 Å². The van der Waals surface area contributed by atoms with Crippen LogP contribution >= 0.6 is 7.82 Å². The lowest BCUT2D eigenvalue weighted by molar-refractivity contribution is -0.422. The highest BCUT2D eigenvalue weighted by molar-refractivity contribution is 7.43. The zero-order valence-corrected chi connectivity index (χ0v) is 6.21. The molecule has 0 aliphatic rings. The van der Waals surface area contributed by atoms with Crippen LogP contribution in [0.2, 0.25) is 0 Å². The average molecular weight is 171 g/mol. The number of phosphoric acid groups is 1. The highest BCUT2D eigenvalue weighted by Gasteiger charge is 1.82. The van der Waals surface area contributed by atoms with E-state index in [2.05, 4.69) is 4.99 Å². The van der Waals surface area contributed by atoms with Crippen molar-refractivity contribution in [3.05, 3.63) is 0 Å². The summed E-state index contributed by atoms with van der Waals surface area (Å²) >= 11 is 0. The van der Waals surface area contributed by atoms with Crippen LogP contribution in [0.1, 0.15) is 0 Å². The second kappa shape index (κ2) is 5.19. The molecule has 0 fully saturated rings. The first-order chi connectivity index (χ1) is 4.27. The Kier molecular flexibility index (Phi) is 6.27. The number of nitrogens with two attached hydrogens (primary N) is 2. The number of nitrogens with one attached hydrogen (secondary N) is 1. The lowest BCUT2D eigenvalue weighted by Gasteiger charge is -2.01. The lowest BCUT2D eigenvalue weighted by Crippen LogP contribution is -2.73. The molecule has 0 rings (SSSR count). The third kappa shape index (κ3) is 158. The highest BCUT2D eigenvalue weighted by Crippen LogP contribution is 2.18. The van der Waals surface area contributed by atoms with Gasteiger partial charge in [-0.2, -0.15) is 0 Å². The van der Waals surface area contributed by atoms with Crippen LogP contribution in [0.15, 0.2) is 0 Å². The van der Waals surface area contributed by atoms with E-state index in [0.29, 0.717) is 0 Å². The molecular weight excluding hydrogens is 161 g/mol.